The molecule has 6 nitrogen and oxygen atoms in total. The van der Waals surface area contributed by atoms with E-state index in [1.54, 1.807) is 19.4 Å². The third-order valence-corrected chi connectivity index (χ3v) is 3.62. The number of aromatic nitrogens is 2. The normalized spacial score (nSPS) is 17.1. The number of anilines is 1. The van der Waals surface area contributed by atoms with Gasteiger partial charge in [-0.2, -0.15) is 4.98 Å². The zero-order chi connectivity index (χ0) is 15.4. The van der Waals surface area contributed by atoms with Crippen LogP contribution in [0.1, 0.15) is 30.3 Å². The first-order valence-corrected chi connectivity index (χ1v) is 7.24. The molecule has 22 heavy (non-hydrogen) atoms. The number of ether oxygens (including phenoxy) is 1. The standard InChI is InChI=1S/C16H18N4O2/c1-22-16-7-8-17-14(20-16)10-18-12-4-2-3-11(9-12)13-5-6-15(21)19-13/h2-4,7-9,13,18H,5-6,10H2,1H3,(H,19,21). The summed E-state index contributed by atoms with van der Waals surface area (Å²) >= 11 is 0. The molecule has 0 aliphatic carbocycles. The Balaban J connectivity index is 1.66. The number of hydrogen-bond donors (Lipinski definition) is 2. The maximum absolute atomic E-state index is 11.3. The lowest BCUT2D eigenvalue weighted by atomic mass is 10.0. The first-order valence-electron chi connectivity index (χ1n) is 7.24. The van der Waals surface area contributed by atoms with Gasteiger partial charge in [0.2, 0.25) is 11.8 Å². The number of nitrogens with one attached hydrogen (secondary N) is 2. The SMILES string of the molecule is COc1ccnc(CNc2cccc(C3CCC(=O)N3)c2)n1. The predicted octanol–water partition coefficient (Wildman–Crippen LogP) is 2.05. The molecule has 0 saturated carbocycles. The van der Waals surface area contributed by atoms with E-state index in [1.165, 1.54) is 0 Å². The summed E-state index contributed by atoms with van der Waals surface area (Å²) in [5, 5.41) is 6.27. The van der Waals surface area contributed by atoms with Gasteiger partial charge in [-0.15, -0.1) is 0 Å². The van der Waals surface area contributed by atoms with Gasteiger partial charge in [-0.25, -0.2) is 4.98 Å². The van der Waals surface area contributed by atoms with Gasteiger partial charge in [0.05, 0.1) is 19.7 Å². The monoisotopic (exact) mass is 298 g/mol. The minimum absolute atomic E-state index is 0.113. The molecule has 1 amide bonds. The summed E-state index contributed by atoms with van der Waals surface area (Å²) < 4.78 is 5.08. The van der Waals surface area contributed by atoms with Gasteiger partial charge in [0.1, 0.15) is 0 Å². The van der Waals surface area contributed by atoms with Gasteiger partial charge in [-0.05, 0) is 24.1 Å². The largest absolute Gasteiger partial charge is 0.481 e. The number of hydrogen-bond acceptors (Lipinski definition) is 5. The first kappa shape index (κ1) is 14.3. The molecule has 1 aromatic heterocycles. The Hall–Kier alpha value is -2.63. The molecule has 1 aromatic carbocycles. The molecule has 1 saturated heterocycles. The average molecular weight is 298 g/mol. The third kappa shape index (κ3) is 3.33. The zero-order valence-electron chi connectivity index (χ0n) is 12.4. The number of amides is 1. The highest BCUT2D eigenvalue weighted by Gasteiger charge is 2.22. The van der Waals surface area contributed by atoms with E-state index in [0.717, 1.165) is 17.7 Å². The Morgan fingerprint density at radius 2 is 2.32 bits per heavy atom. The fourth-order valence-electron chi connectivity index (χ4n) is 2.49. The van der Waals surface area contributed by atoms with E-state index in [-0.39, 0.29) is 11.9 Å². The molecule has 2 N–H and O–H groups in total. The molecule has 114 valence electrons. The van der Waals surface area contributed by atoms with Gasteiger partial charge >= 0.3 is 0 Å². The van der Waals surface area contributed by atoms with E-state index in [9.17, 15) is 4.79 Å². The molecule has 2 heterocycles. The second kappa shape index (κ2) is 6.43. The second-order valence-corrected chi connectivity index (χ2v) is 5.15. The number of rotatable bonds is 5. The predicted molar refractivity (Wildman–Crippen MR) is 82.5 cm³/mol. The Morgan fingerprint density at radius 3 is 3.09 bits per heavy atom. The maximum atomic E-state index is 11.3. The van der Waals surface area contributed by atoms with Crippen LogP contribution in [-0.4, -0.2) is 23.0 Å². The van der Waals surface area contributed by atoms with Crippen LogP contribution in [0.25, 0.3) is 0 Å². The summed E-state index contributed by atoms with van der Waals surface area (Å²) in [4.78, 5) is 19.8. The molecule has 3 rings (SSSR count). The lowest BCUT2D eigenvalue weighted by Crippen LogP contribution is -2.18. The van der Waals surface area contributed by atoms with Crippen molar-refractivity contribution in [2.45, 2.75) is 25.4 Å². The Labute approximate surface area is 128 Å². The minimum atomic E-state index is 0.113. The quantitative estimate of drug-likeness (QED) is 0.883. The molecule has 1 aliphatic rings. The van der Waals surface area contributed by atoms with Crippen LogP contribution in [0, 0.1) is 0 Å². The molecule has 6 heteroatoms. The highest BCUT2D eigenvalue weighted by Crippen LogP contribution is 2.25. The van der Waals surface area contributed by atoms with Crippen molar-refractivity contribution < 1.29 is 9.53 Å². The second-order valence-electron chi connectivity index (χ2n) is 5.15. The topological polar surface area (TPSA) is 76.1 Å². The molecular formula is C16H18N4O2. The molecule has 0 bridgehead atoms. The average Bonchev–Trinajstić information content (AvgIpc) is 3.00. The molecule has 1 atom stereocenters. The van der Waals surface area contributed by atoms with E-state index >= 15 is 0 Å². The molecule has 1 aliphatic heterocycles. The highest BCUT2D eigenvalue weighted by atomic mass is 16.5. The summed E-state index contributed by atoms with van der Waals surface area (Å²) in [5.74, 6) is 1.33. The van der Waals surface area contributed by atoms with Crippen LogP contribution in [0.4, 0.5) is 5.69 Å². The molecular weight excluding hydrogens is 280 g/mol. The number of carbonyl (C=O) groups is 1. The molecule has 0 radical (unpaired) electrons. The van der Waals surface area contributed by atoms with Gasteiger partial charge < -0.3 is 15.4 Å². The van der Waals surface area contributed by atoms with Gasteiger partial charge in [0.15, 0.2) is 5.82 Å². The van der Waals surface area contributed by atoms with E-state index in [2.05, 4.69) is 26.7 Å². The Bertz CT molecular complexity index is 675. The Morgan fingerprint density at radius 1 is 1.41 bits per heavy atom. The number of methoxy groups -OCH3 is 1. The van der Waals surface area contributed by atoms with Crippen LogP contribution >= 0.6 is 0 Å². The van der Waals surface area contributed by atoms with Crippen molar-refractivity contribution in [3.63, 3.8) is 0 Å². The molecule has 2 aromatic rings. The van der Waals surface area contributed by atoms with E-state index in [4.69, 9.17) is 4.74 Å². The molecule has 0 spiro atoms. The van der Waals surface area contributed by atoms with Crippen LogP contribution in [0.5, 0.6) is 5.88 Å². The van der Waals surface area contributed by atoms with Crippen molar-refractivity contribution in [2.75, 3.05) is 12.4 Å². The van der Waals surface area contributed by atoms with E-state index in [1.807, 2.05) is 18.2 Å². The van der Waals surface area contributed by atoms with Crippen LogP contribution in [0.15, 0.2) is 36.5 Å². The fraction of sp³-hybridized carbons (Fsp3) is 0.312. The van der Waals surface area contributed by atoms with Gasteiger partial charge in [0, 0.05) is 24.4 Å². The van der Waals surface area contributed by atoms with E-state index in [0.29, 0.717) is 24.7 Å². The van der Waals surface area contributed by atoms with Crippen LogP contribution in [-0.2, 0) is 11.3 Å². The summed E-state index contributed by atoms with van der Waals surface area (Å²) in [6, 6.07) is 9.88. The van der Waals surface area contributed by atoms with Crippen LogP contribution in [0.2, 0.25) is 0 Å². The lowest BCUT2D eigenvalue weighted by Gasteiger charge is -2.13. The van der Waals surface area contributed by atoms with Crippen molar-refractivity contribution in [2.24, 2.45) is 0 Å². The maximum Gasteiger partial charge on any atom is 0.220 e. The smallest absolute Gasteiger partial charge is 0.220 e. The van der Waals surface area contributed by atoms with Crippen molar-refractivity contribution in [1.29, 1.82) is 0 Å². The van der Waals surface area contributed by atoms with Crippen LogP contribution in [0.3, 0.4) is 0 Å². The Kier molecular flexibility index (Phi) is 4.18. The number of benzene rings is 1. The summed E-state index contributed by atoms with van der Waals surface area (Å²) in [7, 11) is 1.58. The highest BCUT2D eigenvalue weighted by molar-refractivity contribution is 5.78. The van der Waals surface area contributed by atoms with Gasteiger partial charge in [-0.3, -0.25) is 4.79 Å². The fourth-order valence-corrected chi connectivity index (χ4v) is 2.49. The summed E-state index contributed by atoms with van der Waals surface area (Å²) in [5.41, 5.74) is 2.09. The lowest BCUT2D eigenvalue weighted by molar-refractivity contribution is -0.119. The van der Waals surface area contributed by atoms with Crippen molar-refractivity contribution in [1.82, 2.24) is 15.3 Å². The summed E-state index contributed by atoms with van der Waals surface area (Å²) in [6.07, 6.45) is 3.12. The third-order valence-electron chi connectivity index (χ3n) is 3.62. The number of carbonyl (C=O) groups excluding carboxylic acids is 1. The van der Waals surface area contributed by atoms with Crippen LogP contribution < -0.4 is 15.4 Å². The first-order chi connectivity index (χ1) is 10.7. The zero-order valence-corrected chi connectivity index (χ0v) is 12.4. The molecule has 1 unspecified atom stereocenters. The number of nitrogens with zero attached hydrogens (tertiary/aromatic N) is 2. The minimum Gasteiger partial charge on any atom is -0.481 e. The van der Waals surface area contributed by atoms with Crippen molar-refractivity contribution in [3.8, 4) is 5.88 Å². The van der Waals surface area contributed by atoms with Crippen molar-refractivity contribution >= 4 is 11.6 Å². The van der Waals surface area contributed by atoms with Gasteiger partial charge in [-0.1, -0.05) is 12.1 Å². The van der Waals surface area contributed by atoms with Crippen molar-refractivity contribution in [3.05, 3.63) is 47.9 Å². The summed E-state index contributed by atoms with van der Waals surface area (Å²) in [6.45, 7) is 0.512. The van der Waals surface area contributed by atoms with Gasteiger partial charge in [0.25, 0.3) is 0 Å². The van der Waals surface area contributed by atoms with E-state index < -0.39 is 0 Å². The molecule has 1 fully saturated rings.